The second-order valence-electron chi connectivity index (χ2n) is 4.05. The largest absolute Gasteiger partial charge is 0.399 e. The maximum atomic E-state index is 5.78. The molecular weight excluding hydrogens is 321 g/mol. The smallest absolute Gasteiger partial charge is 0.0317 e. The number of hydrogen-bond acceptors (Lipinski definition) is 1. The van der Waals surface area contributed by atoms with Crippen LogP contribution in [0.2, 0.25) is 0 Å². The SMILES string of the molecule is C=C(I)/C=C(C)\C(=C/C)c1ccc(N)cc1C. The standard InChI is InChI=1S/C15H18IN/c1-5-14(10(2)8-12(4)16)15-7-6-13(17)9-11(15)3/h5-9H,4,17H2,1-3H3/b10-8-,14-5+. The van der Waals surface area contributed by atoms with Crippen molar-refractivity contribution in [1.82, 2.24) is 0 Å². The monoisotopic (exact) mass is 339 g/mol. The summed E-state index contributed by atoms with van der Waals surface area (Å²) in [4.78, 5) is 0. The molecule has 0 amide bonds. The lowest BCUT2D eigenvalue weighted by Gasteiger charge is -2.12. The molecule has 1 nitrogen and oxygen atoms in total. The zero-order chi connectivity index (χ0) is 13.0. The molecule has 0 aliphatic heterocycles. The van der Waals surface area contributed by atoms with Crippen molar-refractivity contribution in [2.75, 3.05) is 5.73 Å². The Morgan fingerprint density at radius 2 is 2.06 bits per heavy atom. The maximum absolute atomic E-state index is 5.78. The average molecular weight is 339 g/mol. The van der Waals surface area contributed by atoms with Gasteiger partial charge in [-0.25, -0.2) is 0 Å². The average Bonchev–Trinajstić information content (AvgIpc) is 2.21. The fourth-order valence-corrected chi connectivity index (χ4v) is 2.36. The van der Waals surface area contributed by atoms with Crippen molar-refractivity contribution >= 4 is 33.9 Å². The van der Waals surface area contributed by atoms with Crippen LogP contribution in [0, 0.1) is 6.92 Å². The maximum Gasteiger partial charge on any atom is 0.0317 e. The van der Waals surface area contributed by atoms with E-state index in [-0.39, 0.29) is 0 Å². The molecule has 0 saturated carbocycles. The number of allylic oxidation sites excluding steroid dienone is 5. The molecule has 0 aromatic heterocycles. The third-order valence-corrected chi connectivity index (χ3v) is 2.94. The van der Waals surface area contributed by atoms with Gasteiger partial charge in [0.1, 0.15) is 0 Å². The number of hydrogen-bond donors (Lipinski definition) is 1. The molecule has 0 aliphatic rings. The predicted molar refractivity (Wildman–Crippen MR) is 86.2 cm³/mol. The normalized spacial score (nSPS) is 12.7. The van der Waals surface area contributed by atoms with Crippen LogP contribution in [-0.4, -0.2) is 0 Å². The van der Waals surface area contributed by atoms with Crippen LogP contribution in [0.3, 0.4) is 0 Å². The topological polar surface area (TPSA) is 26.0 Å². The molecular formula is C15H18IN. The van der Waals surface area contributed by atoms with Crippen LogP contribution >= 0.6 is 22.6 Å². The second kappa shape index (κ2) is 6.05. The fraction of sp³-hybridized carbons (Fsp3) is 0.200. The molecule has 0 unspecified atom stereocenters. The Balaban J connectivity index is 3.25. The van der Waals surface area contributed by atoms with Gasteiger partial charge in [-0.2, -0.15) is 0 Å². The molecule has 2 heteroatoms. The molecule has 17 heavy (non-hydrogen) atoms. The van der Waals surface area contributed by atoms with Crippen LogP contribution < -0.4 is 5.73 Å². The molecule has 0 spiro atoms. The Labute approximate surface area is 117 Å². The van der Waals surface area contributed by atoms with Gasteiger partial charge in [-0.15, -0.1) is 0 Å². The van der Waals surface area contributed by atoms with E-state index < -0.39 is 0 Å². The molecule has 0 saturated heterocycles. The summed E-state index contributed by atoms with van der Waals surface area (Å²) < 4.78 is 1.03. The van der Waals surface area contributed by atoms with Gasteiger partial charge in [0.15, 0.2) is 0 Å². The minimum Gasteiger partial charge on any atom is -0.399 e. The molecule has 1 aromatic carbocycles. The van der Waals surface area contributed by atoms with Gasteiger partial charge in [0.2, 0.25) is 0 Å². The van der Waals surface area contributed by atoms with E-state index in [4.69, 9.17) is 5.73 Å². The highest BCUT2D eigenvalue weighted by atomic mass is 127. The number of rotatable bonds is 3. The lowest BCUT2D eigenvalue weighted by atomic mass is 9.94. The van der Waals surface area contributed by atoms with E-state index in [2.05, 4.69) is 68.2 Å². The van der Waals surface area contributed by atoms with Gasteiger partial charge < -0.3 is 5.73 Å². The third kappa shape index (κ3) is 3.73. The summed E-state index contributed by atoms with van der Waals surface area (Å²) in [6, 6.07) is 6.02. The summed E-state index contributed by atoms with van der Waals surface area (Å²) in [6.07, 6.45) is 4.22. The van der Waals surface area contributed by atoms with Crippen molar-refractivity contribution < 1.29 is 0 Å². The quantitative estimate of drug-likeness (QED) is 0.474. The van der Waals surface area contributed by atoms with E-state index in [9.17, 15) is 0 Å². The van der Waals surface area contributed by atoms with Crippen LogP contribution in [-0.2, 0) is 0 Å². The lowest BCUT2D eigenvalue weighted by molar-refractivity contribution is 1.39. The van der Waals surface area contributed by atoms with E-state index in [0.29, 0.717) is 0 Å². The summed E-state index contributed by atoms with van der Waals surface area (Å²) in [5.41, 5.74) is 11.5. The minimum atomic E-state index is 0.807. The first kappa shape index (κ1) is 14.0. The van der Waals surface area contributed by atoms with Crippen molar-refractivity contribution in [3.8, 4) is 0 Å². The summed E-state index contributed by atoms with van der Waals surface area (Å²) in [5, 5.41) is 0. The molecule has 0 radical (unpaired) electrons. The fourth-order valence-electron chi connectivity index (χ4n) is 1.90. The number of anilines is 1. The molecule has 90 valence electrons. The van der Waals surface area contributed by atoms with Crippen LogP contribution in [0.5, 0.6) is 0 Å². The van der Waals surface area contributed by atoms with Crippen LogP contribution in [0.1, 0.15) is 25.0 Å². The molecule has 1 rings (SSSR count). The highest BCUT2D eigenvalue weighted by Crippen LogP contribution is 2.28. The van der Waals surface area contributed by atoms with E-state index in [1.54, 1.807) is 0 Å². The molecule has 2 N–H and O–H groups in total. The lowest BCUT2D eigenvalue weighted by Crippen LogP contribution is -1.93. The van der Waals surface area contributed by atoms with Gasteiger partial charge in [-0.3, -0.25) is 0 Å². The Morgan fingerprint density at radius 3 is 2.53 bits per heavy atom. The summed E-state index contributed by atoms with van der Waals surface area (Å²) >= 11 is 2.22. The number of aryl methyl sites for hydroxylation is 1. The number of nitrogens with two attached hydrogens (primary N) is 1. The number of halogens is 1. The van der Waals surface area contributed by atoms with Crippen molar-refractivity contribution in [3.63, 3.8) is 0 Å². The number of nitrogen functional groups attached to an aromatic ring is 1. The molecule has 0 heterocycles. The Bertz CT molecular complexity index is 496. The Kier molecular flexibility index (Phi) is 5.00. The van der Waals surface area contributed by atoms with Crippen LogP contribution in [0.25, 0.3) is 5.57 Å². The van der Waals surface area contributed by atoms with Crippen LogP contribution in [0.15, 0.2) is 46.1 Å². The van der Waals surface area contributed by atoms with Crippen molar-refractivity contribution in [1.29, 1.82) is 0 Å². The highest BCUT2D eigenvalue weighted by Gasteiger charge is 2.06. The van der Waals surface area contributed by atoms with E-state index in [1.165, 1.54) is 22.3 Å². The van der Waals surface area contributed by atoms with Gasteiger partial charge in [0.05, 0.1) is 0 Å². The van der Waals surface area contributed by atoms with Gasteiger partial charge in [0.25, 0.3) is 0 Å². The molecule has 0 atom stereocenters. The zero-order valence-electron chi connectivity index (χ0n) is 10.5. The zero-order valence-corrected chi connectivity index (χ0v) is 12.7. The summed E-state index contributed by atoms with van der Waals surface area (Å²) in [6.45, 7) is 10.1. The van der Waals surface area contributed by atoms with Gasteiger partial charge in [-0.05, 0) is 83.8 Å². The first-order chi connectivity index (χ1) is 7.95. The third-order valence-electron chi connectivity index (χ3n) is 2.63. The van der Waals surface area contributed by atoms with Crippen molar-refractivity contribution in [2.45, 2.75) is 20.8 Å². The summed E-state index contributed by atoms with van der Waals surface area (Å²) in [5.74, 6) is 0. The first-order valence-corrected chi connectivity index (χ1v) is 6.59. The Morgan fingerprint density at radius 1 is 1.41 bits per heavy atom. The van der Waals surface area contributed by atoms with Gasteiger partial charge in [0, 0.05) is 9.27 Å². The molecule has 0 fully saturated rings. The van der Waals surface area contributed by atoms with Crippen molar-refractivity contribution in [2.24, 2.45) is 0 Å². The predicted octanol–water partition coefficient (Wildman–Crippen LogP) is 4.88. The minimum absolute atomic E-state index is 0.807. The Hall–Kier alpha value is -1.03. The molecule has 0 bridgehead atoms. The first-order valence-electron chi connectivity index (χ1n) is 5.51. The number of benzene rings is 1. The van der Waals surface area contributed by atoms with Gasteiger partial charge >= 0.3 is 0 Å². The molecule has 0 aliphatic carbocycles. The van der Waals surface area contributed by atoms with E-state index in [1.807, 2.05) is 12.1 Å². The molecule has 1 aromatic rings. The summed E-state index contributed by atoms with van der Waals surface area (Å²) in [7, 11) is 0. The van der Waals surface area contributed by atoms with Gasteiger partial charge in [-0.1, -0.05) is 18.7 Å². The van der Waals surface area contributed by atoms with E-state index in [0.717, 1.165) is 9.27 Å². The van der Waals surface area contributed by atoms with Crippen LogP contribution in [0.4, 0.5) is 5.69 Å². The van der Waals surface area contributed by atoms with Crippen molar-refractivity contribution in [3.05, 3.63) is 57.2 Å². The highest BCUT2D eigenvalue weighted by molar-refractivity contribution is 14.1. The van der Waals surface area contributed by atoms with E-state index >= 15 is 0 Å². The second-order valence-corrected chi connectivity index (χ2v) is 5.44.